The van der Waals surface area contributed by atoms with Crippen LogP contribution in [0.15, 0.2) is 30.3 Å². The van der Waals surface area contributed by atoms with Crippen molar-refractivity contribution in [2.24, 2.45) is 5.73 Å². The number of anilines is 1. The van der Waals surface area contributed by atoms with E-state index in [0.717, 1.165) is 12.1 Å². The van der Waals surface area contributed by atoms with E-state index in [-0.39, 0.29) is 0 Å². The molecule has 1 aromatic carbocycles. The average molecular weight is 212 g/mol. The summed E-state index contributed by atoms with van der Waals surface area (Å²) < 4.78 is 0. The standard InChI is InChI=1S/C7H8N2S.C3H8O/c8-7(10)9-6-4-2-1-3-5-6;1-2-3-4/h1-5H,(H3,8,9,10);4H,2-3H2,1H3. The number of nitrogens with one attached hydrogen (secondary N) is 1. The van der Waals surface area contributed by atoms with Crippen LogP contribution >= 0.6 is 12.2 Å². The lowest BCUT2D eigenvalue weighted by atomic mass is 10.3. The number of rotatable bonds is 2. The Morgan fingerprint density at radius 3 is 2.29 bits per heavy atom. The molecule has 0 atom stereocenters. The van der Waals surface area contributed by atoms with E-state index in [1.54, 1.807) is 0 Å². The number of benzene rings is 1. The third kappa shape index (κ3) is 7.52. The second-order valence-corrected chi connectivity index (χ2v) is 3.02. The summed E-state index contributed by atoms with van der Waals surface area (Å²) in [4.78, 5) is 0. The molecule has 1 aromatic rings. The second-order valence-electron chi connectivity index (χ2n) is 2.58. The summed E-state index contributed by atoms with van der Waals surface area (Å²) in [6, 6.07) is 9.57. The molecule has 0 amide bonds. The van der Waals surface area contributed by atoms with Gasteiger partial charge in [-0.2, -0.15) is 0 Å². The predicted molar refractivity (Wildman–Crippen MR) is 64.2 cm³/mol. The van der Waals surface area contributed by atoms with Crippen molar-refractivity contribution in [1.29, 1.82) is 0 Å². The Kier molecular flexibility index (Phi) is 7.78. The van der Waals surface area contributed by atoms with Crippen molar-refractivity contribution in [2.45, 2.75) is 13.3 Å². The van der Waals surface area contributed by atoms with E-state index < -0.39 is 0 Å². The highest BCUT2D eigenvalue weighted by Gasteiger charge is 1.87. The van der Waals surface area contributed by atoms with Gasteiger partial charge in [-0.1, -0.05) is 25.1 Å². The average Bonchev–Trinajstić information content (AvgIpc) is 2.19. The van der Waals surface area contributed by atoms with Gasteiger partial charge in [0.15, 0.2) is 5.11 Å². The van der Waals surface area contributed by atoms with Crippen molar-refractivity contribution in [3.8, 4) is 0 Å². The fourth-order valence-electron chi connectivity index (χ4n) is 0.664. The van der Waals surface area contributed by atoms with Crippen LogP contribution in [0.3, 0.4) is 0 Å². The molecule has 78 valence electrons. The van der Waals surface area contributed by atoms with Gasteiger partial charge in [0.05, 0.1) is 0 Å². The fourth-order valence-corrected chi connectivity index (χ4v) is 0.782. The number of nitrogens with two attached hydrogens (primary N) is 1. The summed E-state index contributed by atoms with van der Waals surface area (Å²) in [5.41, 5.74) is 6.17. The van der Waals surface area contributed by atoms with E-state index in [9.17, 15) is 0 Å². The SMILES string of the molecule is CCCO.NC(=S)Nc1ccccc1. The summed E-state index contributed by atoms with van der Waals surface area (Å²) in [5, 5.41) is 11.0. The zero-order valence-electron chi connectivity index (χ0n) is 8.23. The number of hydrogen-bond donors (Lipinski definition) is 3. The van der Waals surface area contributed by atoms with Gasteiger partial charge in [0.25, 0.3) is 0 Å². The van der Waals surface area contributed by atoms with E-state index in [2.05, 4.69) is 17.5 Å². The first-order chi connectivity index (χ1) is 6.70. The molecule has 0 saturated carbocycles. The number of aliphatic hydroxyl groups is 1. The molecule has 0 bridgehead atoms. The van der Waals surface area contributed by atoms with Gasteiger partial charge in [0.1, 0.15) is 0 Å². The molecule has 0 radical (unpaired) electrons. The van der Waals surface area contributed by atoms with Gasteiger partial charge in [0, 0.05) is 12.3 Å². The zero-order valence-corrected chi connectivity index (χ0v) is 9.05. The molecule has 0 aliphatic rings. The highest BCUT2D eigenvalue weighted by Crippen LogP contribution is 2.03. The third-order valence-corrected chi connectivity index (χ3v) is 1.37. The lowest BCUT2D eigenvalue weighted by Crippen LogP contribution is -2.18. The van der Waals surface area contributed by atoms with Crippen LogP contribution in [0.25, 0.3) is 0 Å². The molecule has 4 N–H and O–H groups in total. The Labute approximate surface area is 89.9 Å². The normalized spacial score (nSPS) is 8.43. The van der Waals surface area contributed by atoms with Gasteiger partial charge in [-0.05, 0) is 30.8 Å². The number of aliphatic hydroxyl groups excluding tert-OH is 1. The van der Waals surface area contributed by atoms with E-state index in [0.29, 0.717) is 11.7 Å². The maximum Gasteiger partial charge on any atom is 0.168 e. The first-order valence-electron chi connectivity index (χ1n) is 4.43. The van der Waals surface area contributed by atoms with Crippen LogP contribution in [-0.2, 0) is 0 Å². The smallest absolute Gasteiger partial charge is 0.168 e. The summed E-state index contributed by atoms with van der Waals surface area (Å²) in [6.07, 6.45) is 0.875. The Hall–Kier alpha value is -1.13. The molecule has 0 unspecified atom stereocenters. The van der Waals surface area contributed by atoms with Crippen LogP contribution in [0.1, 0.15) is 13.3 Å². The van der Waals surface area contributed by atoms with Crippen molar-refractivity contribution >= 4 is 23.0 Å². The number of thiocarbonyl (C=S) groups is 1. The van der Waals surface area contributed by atoms with Crippen molar-refractivity contribution in [2.75, 3.05) is 11.9 Å². The molecule has 0 saturated heterocycles. The fraction of sp³-hybridized carbons (Fsp3) is 0.300. The van der Waals surface area contributed by atoms with E-state index in [1.807, 2.05) is 37.3 Å². The maximum atomic E-state index is 7.88. The van der Waals surface area contributed by atoms with Gasteiger partial charge in [-0.25, -0.2) is 0 Å². The highest BCUT2D eigenvalue weighted by atomic mass is 32.1. The number of hydrogen-bond acceptors (Lipinski definition) is 2. The van der Waals surface area contributed by atoms with Gasteiger partial charge in [-0.3, -0.25) is 0 Å². The molecule has 0 spiro atoms. The van der Waals surface area contributed by atoms with E-state index in [1.165, 1.54) is 0 Å². The highest BCUT2D eigenvalue weighted by molar-refractivity contribution is 7.80. The van der Waals surface area contributed by atoms with Crippen LogP contribution in [0, 0.1) is 0 Å². The number of para-hydroxylation sites is 1. The molecular formula is C10H16N2OS. The van der Waals surface area contributed by atoms with Crippen LogP contribution in [0.4, 0.5) is 5.69 Å². The molecule has 4 heteroatoms. The predicted octanol–water partition coefficient (Wildman–Crippen LogP) is 1.73. The third-order valence-electron chi connectivity index (χ3n) is 1.26. The van der Waals surface area contributed by atoms with E-state index in [4.69, 9.17) is 10.8 Å². The Morgan fingerprint density at radius 2 is 1.93 bits per heavy atom. The second kappa shape index (κ2) is 8.47. The van der Waals surface area contributed by atoms with Crippen LogP contribution in [-0.4, -0.2) is 16.8 Å². The Balaban J connectivity index is 0.000000364. The van der Waals surface area contributed by atoms with Crippen molar-refractivity contribution in [1.82, 2.24) is 0 Å². The monoisotopic (exact) mass is 212 g/mol. The largest absolute Gasteiger partial charge is 0.396 e. The molecule has 0 heterocycles. The Morgan fingerprint density at radius 1 is 1.43 bits per heavy atom. The van der Waals surface area contributed by atoms with Crippen LogP contribution in [0.5, 0.6) is 0 Å². The van der Waals surface area contributed by atoms with Gasteiger partial charge in [0.2, 0.25) is 0 Å². The lowest BCUT2D eigenvalue weighted by molar-refractivity contribution is 0.295. The molecule has 3 nitrogen and oxygen atoms in total. The van der Waals surface area contributed by atoms with Crippen molar-refractivity contribution in [3.63, 3.8) is 0 Å². The zero-order chi connectivity index (χ0) is 10.8. The van der Waals surface area contributed by atoms with Crippen molar-refractivity contribution in [3.05, 3.63) is 30.3 Å². The van der Waals surface area contributed by atoms with Crippen molar-refractivity contribution < 1.29 is 5.11 Å². The van der Waals surface area contributed by atoms with E-state index >= 15 is 0 Å². The lowest BCUT2D eigenvalue weighted by Gasteiger charge is -2.00. The first-order valence-corrected chi connectivity index (χ1v) is 4.84. The van der Waals surface area contributed by atoms with Gasteiger partial charge < -0.3 is 16.2 Å². The van der Waals surface area contributed by atoms with Crippen LogP contribution < -0.4 is 11.1 Å². The molecule has 0 aromatic heterocycles. The molecule has 0 aliphatic heterocycles. The van der Waals surface area contributed by atoms with Gasteiger partial charge in [-0.15, -0.1) is 0 Å². The summed E-state index contributed by atoms with van der Waals surface area (Å²) in [7, 11) is 0. The van der Waals surface area contributed by atoms with Gasteiger partial charge >= 0.3 is 0 Å². The quantitative estimate of drug-likeness (QED) is 0.653. The topological polar surface area (TPSA) is 58.3 Å². The summed E-state index contributed by atoms with van der Waals surface area (Å²) in [6.45, 7) is 2.25. The first kappa shape index (κ1) is 12.9. The summed E-state index contributed by atoms with van der Waals surface area (Å²) >= 11 is 4.64. The molecule has 1 rings (SSSR count). The summed E-state index contributed by atoms with van der Waals surface area (Å²) in [5.74, 6) is 0. The maximum absolute atomic E-state index is 7.88. The Bertz CT molecular complexity index is 250. The minimum absolute atomic E-state index is 0.297. The molecule has 0 fully saturated rings. The molecule has 0 aliphatic carbocycles. The molecular weight excluding hydrogens is 196 g/mol. The molecule has 14 heavy (non-hydrogen) atoms. The minimum atomic E-state index is 0.297. The van der Waals surface area contributed by atoms with Crippen LogP contribution in [0.2, 0.25) is 0 Å². The minimum Gasteiger partial charge on any atom is -0.396 e.